The summed E-state index contributed by atoms with van der Waals surface area (Å²) >= 11 is 1.32. The quantitative estimate of drug-likeness (QED) is 0.364. The van der Waals surface area contributed by atoms with E-state index < -0.39 is 0 Å². The molecule has 2 aromatic carbocycles. The first-order valence-corrected chi connectivity index (χ1v) is 12.0. The number of nitrogens with one attached hydrogen (secondary N) is 1. The fourth-order valence-corrected chi connectivity index (χ4v) is 4.38. The van der Waals surface area contributed by atoms with Crippen molar-refractivity contribution in [2.24, 2.45) is 5.92 Å². The van der Waals surface area contributed by atoms with Crippen molar-refractivity contribution < 1.29 is 4.79 Å². The van der Waals surface area contributed by atoms with Crippen molar-refractivity contribution >= 4 is 34.3 Å². The van der Waals surface area contributed by atoms with Crippen LogP contribution in [0.4, 0.5) is 5.69 Å². The summed E-state index contributed by atoms with van der Waals surface area (Å²) in [5.41, 5.74) is 3.81. The van der Waals surface area contributed by atoms with Gasteiger partial charge in [-0.2, -0.15) is 0 Å². The normalized spacial score (nSPS) is 11.3. The topological polar surface area (TPSA) is 64.0 Å². The largest absolute Gasteiger partial charge is 0.325 e. The third-order valence-corrected chi connectivity index (χ3v) is 6.33. The van der Waals surface area contributed by atoms with Crippen LogP contribution in [0.1, 0.15) is 45.2 Å². The Morgan fingerprint density at radius 3 is 2.39 bits per heavy atom. The predicted molar refractivity (Wildman–Crippen MR) is 130 cm³/mol. The number of benzene rings is 2. The van der Waals surface area contributed by atoms with Gasteiger partial charge >= 0.3 is 0 Å². The van der Waals surface area contributed by atoms with Crippen molar-refractivity contribution in [3.63, 3.8) is 0 Å². The van der Waals surface area contributed by atoms with Crippen molar-refractivity contribution in [2.45, 2.75) is 58.7 Å². The summed E-state index contributed by atoms with van der Waals surface area (Å²) in [6, 6.07) is 13.5. The fraction of sp³-hybridized carbons (Fsp3) is 0.400. The molecule has 1 heterocycles. The highest BCUT2D eigenvalue weighted by Gasteiger charge is 2.15. The SMILES string of the molecule is CCc1cccc(CC)c1NC(=O)CSc1nc2ccccc2c(=O)n1CCC(C)C. The van der Waals surface area contributed by atoms with Gasteiger partial charge in [0.25, 0.3) is 5.56 Å². The maximum Gasteiger partial charge on any atom is 0.262 e. The van der Waals surface area contributed by atoms with Gasteiger partial charge in [0.2, 0.25) is 5.91 Å². The van der Waals surface area contributed by atoms with Gasteiger partial charge in [0.05, 0.1) is 16.7 Å². The monoisotopic (exact) mass is 437 g/mol. The van der Waals surface area contributed by atoms with Crippen molar-refractivity contribution in [3.8, 4) is 0 Å². The molecule has 3 rings (SSSR count). The van der Waals surface area contributed by atoms with E-state index >= 15 is 0 Å². The molecule has 0 aliphatic heterocycles. The number of thioether (sulfide) groups is 1. The number of para-hydroxylation sites is 2. The lowest BCUT2D eigenvalue weighted by atomic mass is 10.0. The minimum atomic E-state index is -0.0848. The average Bonchev–Trinajstić information content (AvgIpc) is 2.77. The third kappa shape index (κ3) is 5.56. The van der Waals surface area contributed by atoms with Crippen LogP contribution in [0.3, 0.4) is 0 Å². The zero-order valence-electron chi connectivity index (χ0n) is 18.8. The van der Waals surface area contributed by atoms with E-state index in [4.69, 9.17) is 4.98 Å². The summed E-state index contributed by atoms with van der Waals surface area (Å²) in [5, 5.41) is 4.31. The summed E-state index contributed by atoms with van der Waals surface area (Å²) in [6.45, 7) is 9.04. The van der Waals surface area contributed by atoms with E-state index in [0.717, 1.165) is 36.1 Å². The van der Waals surface area contributed by atoms with Crippen molar-refractivity contribution in [2.75, 3.05) is 11.1 Å². The fourth-order valence-electron chi connectivity index (χ4n) is 3.55. The molecule has 0 aliphatic carbocycles. The molecule has 0 radical (unpaired) electrons. The van der Waals surface area contributed by atoms with Gasteiger partial charge in [-0.15, -0.1) is 0 Å². The molecule has 0 bridgehead atoms. The van der Waals surface area contributed by atoms with E-state index in [0.29, 0.717) is 28.5 Å². The summed E-state index contributed by atoms with van der Waals surface area (Å²) in [7, 11) is 0. The molecular weight excluding hydrogens is 406 g/mol. The number of carbonyl (C=O) groups excluding carboxylic acids is 1. The standard InChI is InChI=1S/C25H31N3O2S/c1-5-18-10-9-11-19(6-2)23(18)27-22(29)16-31-25-26-21-13-8-7-12-20(21)24(30)28(25)15-14-17(3)4/h7-13,17H,5-6,14-16H2,1-4H3,(H,27,29). The summed E-state index contributed by atoms with van der Waals surface area (Å²) in [4.78, 5) is 30.6. The second-order valence-corrected chi connectivity index (χ2v) is 8.99. The van der Waals surface area contributed by atoms with Crippen LogP contribution in [-0.4, -0.2) is 21.2 Å². The van der Waals surface area contributed by atoms with Gasteiger partial charge in [-0.1, -0.05) is 69.8 Å². The van der Waals surface area contributed by atoms with Crippen LogP contribution >= 0.6 is 11.8 Å². The second kappa shape index (κ2) is 10.6. The number of amides is 1. The molecule has 0 saturated heterocycles. The molecule has 0 aliphatic rings. The zero-order valence-corrected chi connectivity index (χ0v) is 19.6. The molecule has 3 aromatic rings. The van der Waals surface area contributed by atoms with Crippen LogP contribution in [-0.2, 0) is 24.2 Å². The molecule has 1 N–H and O–H groups in total. The molecule has 0 spiro atoms. The zero-order chi connectivity index (χ0) is 22.4. The van der Waals surface area contributed by atoms with Gasteiger partial charge in [0.15, 0.2) is 5.16 Å². The highest BCUT2D eigenvalue weighted by Crippen LogP contribution is 2.24. The van der Waals surface area contributed by atoms with E-state index in [1.54, 1.807) is 4.57 Å². The molecule has 0 saturated carbocycles. The number of nitrogens with zero attached hydrogens (tertiary/aromatic N) is 2. The highest BCUT2D eigenvalue weighted by atomic mass is 32.2. The number of carbonyl (C=O) groups is 1. The third-order valence-electron chi connectivity index (χ3n) is 5.35. The summed E-state index contributed by atoms with van der Waals surface area (Å²) in [5.74, 6) is 0.587. The van der Waals surface area contributed by atoms with Gasteiger partial charge < -0.3 is 5.32 Å². The lowest BCUT2D eigenvalue weighted by Gasteiger charge is -2.16. The van der Waals surface area contributed by atoms with E-state index in [2.05, 4.69) is 45.1 Å². The minimum Gasteiger partial charge on any atom is -0.325 e. The second-order valence-electron chi connectivity index (χ2n) is 8.05. The molecule has 1 amide bonds. The van der Waals surface area contributed by atoms with Crippen LogP contribution in [0.5, 0.6) is 0 Å². The Kier molecular flexibility index (Phi) is 7.91. The number of hydrogen-bond donors (Lipinski definition) is 1. The Hall–Kier alpha value is -2.60. The van der Waals surface area contributed by atoms with Gasteiger partial charge in [-0.3, -0.25) is 14.2 Å². The van der Waals surface area contributed by atoms with Crippen molar-refractivity contribution in [1.29, 1.82) is 0 Å². The van der Waals surface area contributed by atoms with E-state index in [9.17, 15) is 9.59 Å². The number of anilines is 1. The maximum atomic E-state index is 13.1. The summed E-state index contributed by atoms with van der Waals surface area (Å²) in [6.07, 6.45) is 2.60. The number of aryl methyl sites for hydroxylation is 2. The molecule has 0 unspecified atom stereocenters. The van der Waals surface area contributed by atoms with Crippen LogP contribution in [0.25, 0.3) is 10.9 Å². The summed E-state index contributed by atoms with van der Waals surface area (Å²) < 4.78 is 1.72. The smallest absolute Gasteiger partial charge is 0.262 e. The molecule has 1 aromatic heterocycles. The lowest BCUT2D eigenvalue weighted by molar-refractivity contribution is -0.113. The van der Waals surface area contributed by atoms with Crippen molar-refractivity contribution in [1.82, 2.24) is 9.55 Å². The highest BCUT2D eigenvalue weighted by molar-refractivity contribution is 7.99. The Morgan fingerprint density at radius 1 is 1.06 bits per heavy atom. The Bertz CT molecular complexity index is 1100. The molecule has 164 valence electrons. The van der Waals surface area contributed by atoms with Crippen LogP contribution < -0.4 is 10.9 Å². The van der Waals surface area contributed by atoms with Crippen LogP contribution in [0.15, 0.2) is 52.4 Å². The Balaban J connectivity index is 1.84. The van der Waals surface area contributed by atoms with E-state index in [1.807, 2.05) is 30.3 Å². The number of aromatic nitrogens is 2. The number of hydrogen-bond acceptors (Lipinski definition) is 4. The minimum absolute atomic E-state index is 0.0428. The first kappa shape index (κ1) is 23.1. The van der Waals surface area contributed by atoms with Gasteiger partial charge in [0.1, 0.15) is 0 Å². The number of fused-ring (bicyclic) bond motifs is 1. The van der Waals surface area contributed by atoms with Crippen molar-refractivity contribution in [3.05, 3.63) is 63.9 Å². The Morgan fingerprint density at radius 2 is 1.74 bits per heavy atom. The molecule has 5 nitrogen and oxygen atoms in total. The maximum absolute atomic E-state index is 13.1. The predicted octanol–water partition coefficient (Wildman–Crippen LogP) is 5.30. The van der Waals surface area contributed by atoms with E-state index in [-0.39, 0.29) is 17.2 Å². The first-order valence-electron chi connectivity index (χ1n) is 11.0. The lowest BCUT2D eigenvalue weighted by Crippen LogP contribution is -2.25. The molecule has 31 heavy (non-hydrogen) atoms. The van der Waals surface area contributed by atoms with Gasteiger partial charge in [0, 0.05) is 12.2 Å². The molecule has 0 fully saturated rings. The molecule has 0 atom stereocenters. The Labute approximate surface area is 188 Å². The molecule has 6 heteroatoms. The van der Waals surface area contributed by atoms with Crippen LogP contribution in [0.2, 0.25) is 0 Å². The number of rotatable bonds is 9. The molecular formula is C25H31N3O2S. The van der Waals surface area contributed by atoms with Gasteiger partial charge in [-0.25, -0.2) is 4.98 Å². The van der Waals surface area contributed by atoms with Gasteiger partial charge in [-0.05, 0) is 48.4 Å². The van der Waals surface area contributed by atoms with E-state index in [1.165, 1.54) is 11.8 Å². The first-order chi connectivity index (χ1) is 14.9. The van der Waals surface area contributed by atoms with Crippen LogP contribution in [0, 0.1) is 5.92 Å². The average molecular weight is 438 g/mol.